The lowest BCUT2D eigenvalue weighted by Crippen LogP contribution is -2.15. The van der Waals surface area contributed by atoms with Crippen molar-refractivity contribution in [1.29, 1.82) is 0 Å². The van der Waals surface area contributed by atoms with Crippen LogP contribution in [0.2, 0.25) is 0 Å². The van der Waals surface area contributed by atoms with Crippen molar-refractivity contribution in [3.63, 3.8) is 0 Å². The van der Waals surface area contributed by atoms with Crippen molar-refractivity contribution >= 4 is 26.9 Å². The van der Waals surface area contributed by atoms with Crippen molar-refractivity contribution in [3.8, 4) is 11.5 Å². The van der Waals surface area contributed by atoms with Crippen molar-refractivity contribution in [3.05, 3.63) is 48.7 Å². The summed E-state index contributed by atoms with van der Waals surface area (Å²) in [7, 11) is -1.06. The Kier molecular flexibility index (Phi) is 4.22. The predicted molar refractivity (Wildman–Crippen MR) is 89.9 cm³/mol. The maximum absolute atomic E-state index is 12.7. The Morgan fingerprint density at radius 2 is 1.75 bits per heavy atom. The average Bonchev–Trinajstić information content (AvgIpc) is 2.60. The molecule has 0 atom stereocenters. The van der Waals surface area contributed by atoms with E-state index < -0.39 is 10.0 Å². The normalized spacial score (nSPS) is 11.2. The van der Waals surface area contributed by atoms with Gasteiger partial charge in [0.25, 0.3) is 10.0 Å². The number of nitrogens with one attached hydrogen (secondary N) is 1. The minimum atomic E-state index is -3.91. The van der Waals surface area contributed by atoms with Crippen LogP contribution in [0.3, 0.4) is 0 Å². The van der Waals surface area contributed by atoms with Gasteiger partial charge in [0.15, 0.2) is 5.82 Å². The van der Waals surface area contributed by atoms with Gasteiger partial charge in [-0.15, -0.1) is 0 Å². The highest BCUT2D eigenvalue weighted by Gasteiger charge is 2.21. The Hall–Kier alpha value is -2.87. The van der Waals surface area contributed by atoms with E-state index in [0.717, 1.165) is 0 Å². The second-order valence-electron chi connectivity index (χ2n) is 4.87. The molecule has 2 aromatic carbocycles. The SMILES string of the molecule is COc1ccc(OC)c(S(=O)(=O)Nc2cnc3ccccc3n2)c1. The van der Waals surface area contributed by atoms with E-state index in [1.54, 1.807) is 24.3 Å². The van der Waals surface area contributed by atoms with Crippen LogP contribution in [-0.4, -0.2) is 32.6 Å². The molecule has 8 heteroatoms. The molecular formula is C16H15N3O4S. The van der Waals surface area contributed by atoms with Gasteiger partial charge in [0.1, 0.15) is 16.4 Å². The first kappa shape index (κ1) is 16.0. The summed E-state index contributed by atoms with van der Waals surface area (Å²) in [4.78, 5) is 8.41. The van der Waals surface area contributed by atoms with Crippen molar-refractivity contribution in [1.82, 2.24) is 9.97 Å². The second-order valence-corrected chi connectivity index (χ2v) is 6.52. The van der Waals surface area contributed by atoms with Crippen LogP contribution >= 0.6 is 0 Å². The van der Waals surface area contributed by atoms with Crippen molar-refractivity contribution in [2.75, 3.05) is 18.9 Å². The number of para-hydroxylation sites is 2. The van der Waals surface area contributed by atoms with Gasteiger partial charge in [0.2, 0.25) is 0 Å². The molecule has 1 heterocycles. The molecule has 0 aliphatic rings. The maximum atomic E-state index is 12.7. The van der Waals surface area contributed by atoms with Crippen molar-refractivity contribution in [2.45, 2.75) is 4.90 Å². The molecule has 0 fully saturated rings. The third-order valence-corrected chi connectivity index (χ3v) is 4.72. The highest BCUT2D eigenvalue weighted by atomic mass is 32.2. The zero-order valence-corrected chi connectivity index (χ0v) is 13.9. The molecule has 0 aliphatic carbocycles. The molecule has 0 aliphatic heterocycles. The van der Waals surface area contributed by atoms with E-state index in [-0.39, 0.29) is 16.5 Å². The molecule has 1 N–H and O–H groups in total. The largest absolute Gasteiger partial charge is 0.497 e. The van der Waals surface area contributed by atoms with Crippen LogP contribution in [0.15, 0.2) is 53.6 Å². The van der Waals surface area contributed by atoms with Crippen LogP contribution in [0.5, 0.6) is 11.5 Å². The van der Waals surface area contributed by atoms with Crippen LogP contribution in [0.25, 0.3) is 11.0 Å². The fraction of sp³-hybridized carbons (Fsp3) is 0.125. The van der Waals surface area contributed by atoms with Gasteiger partial charge < -0.3 is 9.47 Å². The van der Waals surface area contributed by atoms with E-state index in [9.17, 15) is 8.42 Å². The zero-order chi connectivity index (χ0) is 17.2. The summed E-state index contributed by atoms with van der Waals surface area (Å²) in [5.41, 5.74) is 1.27. The molecule has 7 nitrogen and oxygen atoms in total. The van der Waals surface area contributed by atoms with Gasteiger partial charge in [-0.25, -0.2) is 13.4 Å². The van der Waals surface area contributed by atoms with E-state index >= 15 is 0 Å². The van der Waals surface area contributed by atoms with E-state index in [1.165, 1.54) is 32.5 Å². The van der Waals surface area contributed by atoms with Crippen molar-refractivity contribution in [2.24, 2.45) is 0 Å². The number of anilines is 1. The summed E-state index contributed by atoms with van der Waals surface area (Å²) in [6, 6.07) is 11.7. The smallest absolute Gasteiger partial charge is 0.266 e. The van der Waals surface area contributed by atoms with Crippen molar-refractivity contribution < 1.29 is 17.9 Å². The Labute approximate surface area is 139 Å². The van der Waals surface area contributed by atoms with Crippen LogP contribution in [-0.2, 0) is 10.0 Å². The molecule has 24 heavy (non-hydrogen) atoms. The first-order valence-electron chi connectivity index (χ1n) is 7.00. The van der Waals surface area contributed by atoms with Crippen LogP contribution in [0.4, 0.5) is 5.82 Å². The van der Waals surface area contributed by atoms with Gasteiger partial charge in [-0.2, -0.15) is 0 Å². The van der Waals surface area contributed by atoms with Crippen LogP contribution in [0.1, 0.15) is 0 Å². The highest BCUT2D eigenvalue weighted by molar-refractivity contribution is 7.92. The first-order chi connectivity index (χ1) is 11.5. The number of benzene rings is 2. The maximum Gasteiger partial charge on any atom is 0.266 e. The Balaban J connectivity index is 2.01. The lowest BCUT2D eigenvalue weighted by atomic mass is 10.3. The average molecular weight is 345 g/mol. The fourth-order valence-corrected chi connectivity index (χ4v) is 3.36. The molecule has 0 amide bonds. The number of hydrogen-bond donors (Lipinski definition) is 1. The molecule has 0 spiro atoms. The topological polar surface area (TPSA) is 90.4 Å². The van der Waals surface area contributed by atoms with Crippen LogP contribution < -0.4 is 14.2 Å². The predicted octanol–water partition coefficient (Wildman–Crippen LogP) is 2.45. The summed E-state index contributed by atoms with van der Waals surface area (Å²) >= 11 is 0. The van der Waals surface area contributed by atoms with E-state index in [1.807, 2.05) is 6.07 Å². The minimum absolute atomic E-state index is 0.0423. The number of methoxy groups -OCH3 is 2. The van der Waals surface area contributed by atoms with Gasteiger partial charge in [0.05, 0.1) is 31.4 Å². The molecular weight excluding hydrogens is 330 g/mol. The van der Waals surface area contributed by atoms with Gasteiger partial charge in [-0.1, -0.05) is 12.1 Å². The van der Waals surface area contributed by atoms with Crippen LogP contribution in [0, 0.1) is 0 Å². The summed E-state index contributed by atoms with van der Waals surface area (Å²) in [6.07, 6.45) is 1.37. The van der Waals surface area contributed by atoms with E-state index in [2.05, 4.69) is 14.7 Å². The molecule has 1 aromatic heterocycles. The fourth-order valence-electron chi connectivity index (χ4n) is 2.19. The minimum Gasteiger partial charge on any atom is -0.497 e. The number of fused-ring (bicyclic) bond motifs is 1. The molecule has 0 bridgehead atoms. The third kappa shape index (κ3) is 3.09. The lowest BCUT2D eigenvalue weighted by Gasteiger charge is -2.12. The number of ether oxygens (including phenoxy) is 2. The molecule has 0 saturated heterocycles. The first-order valence-corrected chi connectivity index (χ1v) is 8.48. The van der Waals surface area contributed by atoms with Gasteiger partial charge in [-0.05, 0) is 24.3 Å². The highest BCUT2D eigenvalue weighted by Crippen LogP contribution is 2.29. The lowest BCUT2D eigenvalue weighted by molar-refractivity contribution is 0.392. The number of hydrogen-bond acceptors (Lipinski definition) is 6. The molecule has 3 rings (SSSR count). The third-order valence-electron chi connectivity index (χ3n) is 3.35. The number of sulfonamides is 1. The van der Waals surface area contributed by atoms with E-state index in [4.69, 9.17) is 9.47 Å². The number of nitrogens with zero attached hydrogens (tertiary/aromatic N) is 2. The Bertz CT molecular complexity index is 990. The molecule has 0 saturated carbocycles. The standard InChI is InChI=1S/C16H15N3O4S/c1-22-11-7-8-14(23-2)15(9-11)24(20,21)19-16-10-17-12-5-3-4-6-13(12)18-16/h3-10H,1-2H3,(H,18,19). The van der Waals surface area contributed by atoms with Gasteiger partial charge >= 0.3 is 0 Å². The number of aromatic nitrogens is 2. The monoisotopic (exact) mass is 345 g/mol. The Morgan fingerprint density at radius 3 is 2.46 bits per heavy atom. The summed E-state index contributed by atoms with van der Waals surface area (Å²) in [5.74, 6) is 0.733. The van der Waals surface area contributed by atoms with Gasteiger partial charge in [-0.3, -0.25) is 9.71 Å². The second kappa shape index (κ2) is 6.32. The zero-order valence-electron chi connectivity index (χ0n) is 13.1. The van der Waals surface area contributed by atoms with Gasteiger partial charge in [0, 0.05) is 6.07 Å². The molecule has 0 radical (unpaired) electrons. The molecule has 3 aromatic rings. The summed E-state index contributed by atoms with van der Waals surface area (Å²) < 4.78 is 38.0. The quantitative estimate of drug-likeness (QED) is 0.764. The Morgan fingerprint density at radius 1 is 1.00 bits per heavy atom. The summed E-state index contributed by atoms with van der Waals surface area (Å²) in [6.45, 7) is 0. The molecule has 0 unspecified atom stereocenters. The summed E-state index contributed by atoms with van der Waals surface area (Å²) in [5, 5.41) is 0. The molecule has 124 valence electrons. The number of rotatable bonds is 5. The van der Waals surface area contributed by atoms with E-state index in [0.29, 0.717) is 16.8 Å².